The molecule has 7 nitrogen and oxygen atoms in total. The van der Waals surface area contributed by atoms with Gasteiger partial charge in [-0.05, 0) is 44.0 Å². The van der Waals surface area contributed by atoms with E-state index in [1.807, 2.05) is 11.5 Å². The van der Waals surface area contributed by atoms with Crippen LogP contribution in [0.15, 0.2) is 24.3 Å². The summed E-state index contributed by atoms with van der Waals surface area (Å²) in [7, 11) is 0. The van der Waals surface area contributed by atoms with Gasteiger partial charge in [0.15, 0.2) is 5.78 Å². The average molecular weight is 342 g/mol. The fourth-order valence-electron chi connectivity index (χ4n) is 2.86. The van der Waals surface area contributed by atoms with Crippen molar-refractivity contribution in [2.24, 2.45) is 0 Å². The van der Waals surface area contributed by atoms with Crippen molar-refractivity contribution in [1.82, 2.24) is 14.8 Å². The lowest BCUT2D eigenvalue weighted by Gasteiger charge is -2.14. The fourth-order valence-corrected chi connectivity index (χ4v) is 2.86. The van der Waals surface area contributed by atoms with Gasteiger partial charge in [0.2, 0.25) is 11.9 Å². The summed E-state index contributed by atoms with van der Waals surface area (Å²) in [5.41, 5.74) is 0.580. The van der Waals surface area contributed by atoms with Crippen LogP contribution >= 0.6 is 0 Å². The molecular formula is C18H22N4O3. The summed E-state index contributed by atoms with van der Waals surface area (Å²) in [5, 5.41) is 10.9. The number of anilines is 1. The Bertz CT molecular complexity index is 752. The molecule has 7 heteroatoms. The highest BCUT2D eigenvalue weighted by Crippen LogP contribution is 2.18. The second-order valence-electron chi connectivity index (χ2n) is 5.98. The average Bonchev–Trinajstić information content (AvgIpc) is 3.04. The molecule has 1 aromatic heterocycles. The first-order valence-corrected chi connectivity index (χ1v) is 8.65. The Morgan fingerprint density at radius 3 is 2.72 bits per heavy atom. The minimum absolute atomic E-state index is 0.0681. The quantitative estimate of drug-likeness (QED) is 0.782. The number of rotatable bonds is 7. The predicted octanol–water partition coefficient (Wildman–Crippen LogP) is 2.61. The molecule has 0 fully saturated rings. The molecule has 0 unspecified atom stereocenters. The Morgan fingerprint density at radius 1 is 1.16 bits per heavy atom. The predicted molar refractivity (Wildman–Crippen MR) is 92.8 cm³/mol. The summed E-state index contributed by atoms with van der Waals surface area (Å²) in [6, 6.07) is 6.97. The molecule has 1 aromatic carbocycles. The topological polar surface area (TPSA) is 86.1 Å². The second-order valence-corrected chi connectivity index (χ2v) is 5.98. The van der Waals surface area contributed by atoms with Crippen molar-refractivity contribution in [3.63, 3.8) is 0 Å². The minimum atomic E-state index is -0.222. The number of aromatic nitrogens is 3. The van der Waals surface area contributed by atoms with E-state index in [4.69, 9.17) is 4.74 Å². The first-order chi connectivity index (χ1) is 12.2. The van der Waals surface area contributed by atoms with E-state index >= 15 is 0 Å². The van der Waals surface area contributed by atoms with Crippen LogP contribution in [-0.4, -0.2) is 33.1 Å². The molecule has 1 aliphatic heterocycles. The van der Waals surface area contributed by atoms with Crippen molar-refractivity contribution < 1.29 is 14.3 Å². The van der Waals surface area contributed by atoms with Crippen LogP contribution < -0.4 is 10.1 Å². The van der Waals surface area contributed by atoms with Crippen molar-refractivity contribution in [2.45, 2.75) is 45.6 Å². The monoisotopic (exact) mass is 342 g/mol. The van der Waals surface area contributed by atoms with E-state index in [1.54, 1.807) is 24.3 Å². The van der Waals surface area contributed by atoms with Gasteiger partial charge in [0.05, 0.1) is 6.61 Å². The van der Waals surface area contributed by atoms with Gasteiger partial charge in [0.1, 0.15) is 11.6 Å². The molecule has 1 amide bonds. The molecule has 0 saturated carbocycles. The SMILES string of the molecule is CCOc1ccc(C(=O)CCC(=O)Nc2nnc3n2CCCC3)cc1. The highest BCUT2D eigenvalue weighted by molar-refractivity contribution is 5.99. The van der Waals surface area contributed by atoms with E-state index in [9.17, 15) is 9.59 Å². The molecule has 0 aliphatic carbocycles. The normalized spacial score (nSPS) is 13.2. The Labute approximate surface area is 146 Å². The molecule has 0 saturated heterocycles. The largest absolute Gasteiger partial charge is 0.494 e. The van der Waals surface area contributed by atoms with Crippen LogP contribution in [0.3, 0.4) is 0 Å². The number of Topliss-reactive ketones (excluding diaryl/α,β-unsaturated/α-hetero) is 1. The molecule has 2 heterocycles. The van der Waals surface area contributed by atoms with Crippen molar-refractivity contribution in [1.29, 1.82) is 0 Å². The van der Waals surface area contributed by atoms with Crippen LogP contribution in [0.2, 0.25) is 0 Å². The number of ketones is 1. The number of benzene rings is 1. The molecule has 1 aliphatic rings. The van der Waals surface area contributed by atoms with Gasteiger partial charge in [-0.15, -0.1) is 10.2 Å². The molecule has 2 aromatic rings. The van der Waals surface area contributed by atoms with E-state index in [0.29, 0.717) is 18.1 Å². The fraction of sp³-hybridized carbons (Fsp3) is 0.444. The van der Waals surface area contributed by atoms with Crippen LogP contribution in [0.25, 0.3) is 0 Å². The summed E-state index contributed by atoms with van der Waals surface area (Å²) < 4.78 is 7.29. The summed E-state index contributed by atoms with van der Waals surface area (Å²) >= 11 is 0. The minimum Gasteiger partial charge on any atom is -0.494 e. The third-order valence-electron chi connectivity index (χ3n) is 4.18. The zero-order valence-corrected chi connectivity index (χ0v) is 14.3. The Hall–Kier alpha value is -2.70. The number of fused-ring (bicyclic) bond motifs is 1. The zero-order chi connectivity index (χ0) is 17.6. The number of ether oxygens (including phenoxy) is 1. The zero-order valence-electron chi connectivity index (χ0n) is 14.3. The van der Waals surface area contributed by atoms with Crippen molar-refractivity contribution in [3.05, 3.63) is 35.7 Å². The lowest BCUT2D eigenvalue weighted by Crippen LogP contribution is -2.19. The Morgan fingerprint density at radius 2 is 1.96 bits per heavy atom. The Balaban J connectivity index is 1.51. The van der Waals surface area contributed by atoms with E-state index in [1.165, 1.54) is 0 Å². The van der Waals surface area contributed by atoms with Crippen molar-refractivity contribution >= 4 is 17.6 Å². The van der Waals surface area contributed by atoms with Crippen LogP contribution in [0.5, 0.6) is 5.75 Å². The van der Waals surface area contributed by atoms with Gasteiger partial charge in [-0.25, -0.2) is 0 Å². The van der Waals surface area contributed by atoms with Gasteiger partial charge in [-0.3, -0.25) is 19.5 Å². The maximum atomic E-state index is 12.2. The summed E-state index contributed by atoms with van der Waals surface area (Å²) in [4.78, 5) is 24.3. The number of hydrogen-bond acceptors (Lipinski definition) is 5. The number of nitrogens with one attached hydrogen (secondary N) is 1. The summed E-state index contributed by atoms with van der Waals surface area (Å²) in [6.07, 6.45) is 3.32. The number of carbonyl (C=O) groups is 2. The molecule has 25 heavy (non-hydrogen) atoms. The van der Waals surface area contributed by atoms with Crippen LogP contribution in [0, 0.1) is 0 Å². The van der Waals surface area contributed by atoms with Crippen LogP contribution in [0.4, 0.5) is 5.95 Å². The summed E-state index contributed by atoms with van der Waals surface area (Å²) in [6.45, 7) is 3.31. The molecule has 132 valence electrons. The molecule has 0 atom stereocenters. The van der Waals surface area contributed by atoms with Gasteiger partial charge in [-0.1, -0.05) is 0 Å². The van der Waals surface area contributed by atoms with E-state index < -0.39 is 0 Å². The maximum Gasteiger partial charge on any atom is 0.231 e. The van der Waals surface area contributed by atoms with Gasteiger partial charge < -0.3 is 4.74 Å². The highest BCUT2D eigenvalue weighted by atomic mass is 16.5. The van der Waals surface area contributed by atoms with Crippen molar-refractivity contribution in [3.8, 4) is 5.75 Å². The molecule has 3 rings (SSSR count). The molecule has 1 N–H and O–H groups in total. The first-order valence-electron chi connectivity index (χ1n) is 8.65. The lowest BCUT2D eigenvalue weighted by molar-refractivity contribution is -0.116. The van der Waals surface area contributed by atoms with Gasteiger partial charge in [-0.2, -0.15) is 0 Å². The van der Waals surface area contributed by atoms with E-state index in [2.05, 4.69) is 15.5 Å². The number of aryl methyl sites for hydroxylation is 1. The number of hydrogen-bond donors (Lipinski definition) is 1. The summed E-state index contributed by atoms with van der Waals surface area (Å²) in [5.74, 6) is 1.83. The molecule has 0 radical (unpaired) electrons. The lowest BCUT2D eigenvalue weighted by atomic mass is 10.1. The highest BCUT2D eigenvalue weighted by Gasteiger charge is 2.17. The van der Waals surface area contributed by atoms with E-state index in [-0.39, 0.29) is 24.5 Å². The first kappa shape index (κ1) is 17.1. The third kappa shape index (κ3) is 4.23. The van der Waals surface area contributed by atoms with Gasteiger partial charge >= 0.3 is 0 Å². The third-order valence-corrected chi connectivity index (χ3v) is 4.18. The molecule has 0 spiro atoms. The van der Waals surface area contributed by atoms with Crippen molar-refractivity contribution in [2.75, 3.05) is 11.9 Å². The van der Waals surface area contributed by atoms with Crippen LogP contribution in [-0.2, 0) is 17.8 Å². The number of carbonyl (C=O) groups excluding carboxylic acids is 2. The maximum absolute atomic E-state index is 12.2. The molecule has 0 bridgehead atoms. The standard InChI is InChI=1S/C18H22N4O3/c1-2-25-14-8-6-13(7-9-14)15(23)10-11-17(24)19-18-21-20-16-5-3-4-12-22(16)18/h6-9H,2-5,10-12H2,1H3,(H,19,21,24). The number of amides is 1. The smallest absolute Gasteiger partial charge is 0.231 e. The number of nitrogens with zero attached hydrogens (tertiary/aromatic N) is 3. The van der Waals surface area contributed by atoms with E-state index in [0.717, 1.165) is 37.4 Å². The second kappa shape index (κ2) is 7.92. The molecular weight excluding hydrogens is 320 g/mol. The Kier molecular flexibility index (Phi) is 5.42. The van der Waals surface area contributed by atoms with Gasteiger partial charge in [0, 0.05) is 31.4 Å². The van der Waals surface area contributed by atoms with Crippen LogP contribution in [0.1, 0.15) is 48.8 Å². The van der Waals surface area contributed by atoms with Gasteiger partial charge in [0.25, 0.3) is 0 Å².